The van der Waals surface area contributed by atoms with Crippen LogP contribution in [0.25, 0.3) is 0 Å². The van der Waals surface area contributed by atoms with E-state index in [0.29, 0.717) is 5.41 Å². The van der Waals surface area contributed by atoms with Crippen LogP contribution in [0.15, 0.2) is 12.1 Å². The zero-order valence-corrected chi connectivity index (χ0v) is 11.8. The van der Waals surface area contributed by atoms with Gasteiger partial charge in [0.1, 0.15) is 6.54 Å². The van der Waals surface area contributed by atoms with Gasteiger partial charge in [-0.1, -0.05) is 19.4 Å². The lowest BCUT2D eigenvalue weighted by molar-refractivity contribution is -0.447. The molecule has 0 aromatic heterocycles. The van der Waals surface area contributed by atoms with Crippen molar-refractivity contribution >= 4 is 11.9 Å². The van der Waals surface area contributed by atoms with Crippen LogP contribution in [0.2, 0.25) is 0 Å². The van der Waals surface area contributed by atoms with Gasteiger partial charge in [0, 0.05) is 23.0 Å². The van der Waals surface area contributed by atoms with Gasteiger partial charge in [0.25, 0.3) is 0 Å². The first-order valence-electron chi connectivity index (χ1n) is 6.59. The van der Waals surface area contributed by atoms with Crippen LogP contribution in [0.4, 0.5) is 5.69 Å². The molecule has 0 N–H and O–H groups in total. The van der Waals surface area contributed by atoms with E-state index in [4.69, 9.17) is 0 Å². The van der Waals surface area contributed by atoms with Crippen molar-refractivity contribution in [1.29, 1.82) is 0 Å². The molecular weight excluding hydrogens is 206 g/mol. The lowest BCUT2D eigenvalue weighted by Crippen LogP contribution is -2.28. The van der Waals surface area contributed by atoms with Crippen molar-refractivity contribution in [2.24, 2.45) is 5.41 Å². The van der Waals surface area contributed by atoms with E-state index in [0.717, 1.165) is 6.54 Å². The minimum atomic E-state index is 0.335. The third-order valence-corrected chi connectivity index (χ3v) is 3.65. The van der Waals surface area contributed by atoms with Gasteiger partial charge < -0.3 is 0 Å². The lowest BCUT2D eigenvalue weighted by Gasteiger charge is -2.23. The Balaban J connectivity index is 2.51. The van der Waals surface area contributed by atoms with Crippen LogP contribution in [0, 0.1) is 26.2 Å². The molecular formula is C16H24N+. The Bertz CT molecular complexity index is 443. The third-order valence-electron chi connectivity index (χ3n) is 3.65. The first-order chi connectivity index (χ1) is 7.89. The van der Waals surface area contributed by atoms with Crippen molar-refractivity contribution in [1.82, 2.24) is 0 Å². The molecule has 1 aromatic rings. The number of benzene rings is 1. The lowest BCUT2D eigenvalue weighted by atomic mass is 9.86. The van der Waals surface area contributed by atoms with Crippen LogP contribution in [-0.4, -0.2) is 17.3 Å². The van der Waals surface area contributed by atoms with Crippen molar-refractivity contribution < 1.29 is 4.58 Å². The summed E-state index contributed by atoms with van der Waals surface area (Å²) in [5.74, 6) is 0. The van der Waals surface area contributed by atoms with Crippen LogP contribution in [0.1, 0.15) is 43.4 Å². The molecule has 17 heavy (non-hydrogen) atoms. The predicted octanol–water partition coefficient (Wildman–Crippen LogP) is 4.15. The van der Waals surface area contributed by atoms with Gasteiger partial charge in [-0.25, -0.2) is 4.58 Å². The molecule has 1 nitrogen and oxygen atoms in total. The summed E-state index contributed by atoms with van der Waals surface area (Å²) in [5.41, 5.74) is 5.92. The fourth-order valence-corrected chi connectivity index (χ4v) is 3.06. The maximum atomic E-state index is 2.47. The maximum Gasteiger partial charge on any atom is 0.210 e. The van der Waals surface area contributed by atoms with Gasteiger partial charge >= 0.3 is 0 Å². The van der Waals surface area contributed by atoms with Crippen molar-refractivity contribution in [3.8, 4) is 0 Å². The molecule has 0 spiro atoms. The summed E-state index contributed by atoms with van der Waals surface area (Å²) in [4.78, 5) is 0. The van der Waals surface area contributed by atoms with E-state index in [2.05, 4.69) is 57.5 Å². The molecule has 1 heteroatoms. The zero-order chi connectivity index (χ0) is 12.6. The third kappa shape index (κ3) is 2.59. The van der Waals surface area contributed by atoms with E-state index in [1.165, 1.54) is 35.2 Å². The van der Waals surface area contributed by atoms with Crippen molar-refractivity contribution in [3.05, 3.63) is 28.8 Å². The molecule has 0 fully saturated rings. The Morgan fingerprint density at radius 1 is 1.06 bits per heavy atom. The summed E-state index contributed by atoms with van der Waals surface area (Å²) in [6.45, 7) is 12.5. The molecule has 0 aliphatic carbocycles. The van der Waals surface area contributed by atoms with Gasteiger partial charge in [-0.2, -0.15) is 0 Å². The Morgan fingerprint density at radius 3 is 2.18 bits per heavy atom. The second-order valence-corrected chi connectivity index (χ2v) is 6.16. The average molecular weight is 230 g/mol. The van der Waals surface area contributed by atoms with E-state index >= 15 is 0 Å². The minimum absolute atomic E-state index is 0.335. The highest BCUT2D eigenvalue weighted by Crippen LogP contribution is 2.30. The Kier molecular flexibility index (Phi) is 3.11. The normalized spacial score (nSPS) is 19.0. The van der Waals surface area contributed by atoms with E-state index in [-0.39, 0.29) is 0 Å². The van der Waals surface area contributed by atoms with Crippen LogP contribution in [0.5, 0.6) is 0 Å². The molecule has 2 rings (SSSR count). The highest BCUT2D eigenvalue weighted by atomic mass is 15.0. The van der Waals surface area contributed by atoms with Gasteiger partial charge in [-0.05, 0) is 39.3 Å². The quantitative estimate of drug-likeness (QED) is 0.638. The van der Waals surface area contributed by atoms with E-state index in [1.54, 1.807) is 0 Å². The Morgan fingerprint density at radius 2 is 1.65 bits per heavy atom. The average Bonchev–Trinajstić information content (AvgIpc) is 2.13. The summed E-state index contributed by atoms with van der Waals surface area (Å²) in [6, 6.07) is 4.58. The molecule has 92 valence electrons. The highest BCUT2D eigenvalue weighted by molar-refractivity contribution is 5.63. The maximum absolute atomic E-state index is 2.47. The monoisotopic (exact) mass is 230 g/mol. The van der Waals surface area contributed by atoms with Crippen LogP contribution < -0.4 is 0 Å². The van der Waals surface area contributed by atoms with Gasteiger partial charge in [0.15, 0.2) is 6.21 Å². The number of hydrogen-bond donors (Lipinski definition) is 0. The second kappa shape index (κ2) is 4.29. The first kappa shape index (κ1) is 12.3. The van der Waals surface area contributed by atoms with Crippen molar-refractivity contribution in [3.63, 3.8) is 0 Å². The first-order valence-corrected chi connectivity index (χ1v) is 6.59. The van der Waals surface area contributed by atoms with Gasteiger partial charge in [-0.3, -0.25) is 0 Å². The SMILES string of the molecule is Cc1cc(C)c([N+]2=CC(C)(C)CCC2)c(C)c1. The number of rotatable bonds is 1. The van der Waals surface area contributed by atoms with Gasteiger partial charge in [0.05, 0.1) is 0 Å². The van der Waals surface area contributed by atoms with E-state index in [9.17, 15) is 0 Å². The molecule has 0 saturated carbocycles. The standard InChI is InChI=1S/C16H24N/c1-12-9-13(2)15(14(3)10-12)17-8-6-7-16(4,5)11-17/h9-11H,6-8H2,1-5H3/q+1. The summed E-state index contributed by atoms with van der Waals surface area (Å²) < 4.78 is 2.47. The van der Waals surface area contributed by atoms with Gasteiger partial charge in [-0.15, -0.1) is 0 Å². The molecule has 0 radical (unpaired) electrons. The second-order valence-electron chi connectivity index (χ2n) is 6.16. The van der Waals surface area contributed by atoms with E-state index in [1.807, 2.05) is 0 Å². The summed E-state index contributed by atoms with van der Waals surface area (Å²) in [6.07, 6.45) is 5.00. The molecule has 0 saturated heterocycles. The molecule has 1 aliphatic heterocycles. The van der Waals surface area contributed by atoms with Crippen LogP contribution >= 0.6 is 0 Å². The summed E-state index contributed by atoms with van der Waals surface area (Å²) >= 11 is 0. The topological polar surface area (TPSA) is 3.01 Å². The molecule has 1 aliphatic rings. The molecule has 0 unspecified atom stereocenters. The Labute approximate surface area is 105 Å². The number of hydrogen-bond acceptors (Lipinski definition) is 0. The predicted molar refractivity (Wildman–Crippen MR) is 74.5 cm³/mol. The molecule has 1 aromatic carbocycles. The largest absolute Gasteiger partial charge is 0.210 e. The van der Waals surface area contributed by atoms with Crippen molar-refractivity contribution in [2.45, 2.75) is 47.5 Å². The summed E-state index contributed by atoms with van der Waals surface area (Å²) in [5, 5.41) is 0. The fraction of sp³-hybridized carbons (Fsp3) is 0.562. The van der Waals surface area contributed by atoms with E-state index < -0.39 is 0 Å². The van der Waals surface area contributed by atoms with Crippen molar-refractivity contribution in [2.75, 3.05) is 6.54 Å². The fourth-order valence-electron chi connectivity index (χ4n) is 3.06. The molecule has 0 bridgehead atoms. The summed E-state index contributed by atoms with van der Waals surface area (Å²) in [7, 11) is 0. The smallest absolute Gasteiger partial charge is 0.202 e. The van der Waals surface area contributed by atoms with Crippen LogP contribution in [-0.2, 0) is 0 Å². The highest BCUT2D eigenvalue weighted by Gasteiger charge is 2.28. The molecule has 1 heterocycles. The van der Waals surface area contributed by atoms with Crippen LogP contribution in [0.3, 0.4) is 0 Å². The zero-order valence-electron chi connectivity index (χ0n) is 11.8. The van der Waals surface area contributed by atoms with Gasteiger partial charge in [0.2, 0.25) is 5.69 Å². The number of aryl methyl sites for hydroxylation is 3. The number of nitrogens with zero attached hydrogens (tertiary/aromatic N) is 1. The molecule has 0 amide bonds. The minimum Gasteiger partial charge on any atom is -0.202 e. The Hall–Kier alpha value is -1.11. The molecule has 0 atom stereocenters.